The van der Waals surface area contributed by atoms with E-state index in [1.54, 1.807) is 31.4 Å². The summed E-state index contributed by atoms with van der Waals surface area (Å²) in [5.74, 6) is 1.52. The first-order valence-electron chi connectivity index (χ1n) is 13.3. The Morgan fingerprint density at radius 3 is 2.48 bits per heavy atom. The molecule has 1 aliphatic rings. The van der Waals surface area contributed by atoms with E-state index in [1.807, 2.05) is 36.4 Å². The summed E-state index contributed by atoms with van der Waals surface area (Å²) in [4.78, 5) is 12.0. The molecule has 1 fully saturated rings. The van der Waals surface area contributed by atoms with Crippen LogP contribution in [0, 0.1) is 0 Å². The van der Waals surface area contributed by atoms with Crippen molar-refractivity contribution in [3.63, 3.8) is 0 Å². The summed E-state index contributed by atoms with van der Waals surface area (Å²) >= 11 is 0. The maximum Gasteiger partial charge on any atom is 0.229 e. The summed E-state index contributed by atoms with van der Waals surface area (Å²) in [6, 6.07) is 20.9. The van der Waals surface area contributed by atoms with Crippen molar-refractivity contribution in [3.05, 3.63) is 66.7 Å². The van der Waals surface area contributed by atoms with Crippen LogP contribution >= 0.6 is 0 Å². The number of ether oxygens (including phenoxy) is 1. The predicted molar refractivity (Wildman–Crippen MR) is 161 cm³/mol. The molecule has 11 heteroatoms. The molecule has 0 aliphatic carbocycles. The topological polar surface area (TPSA) is 134 Å². The minimum Gasteiger partial charge on any atom is -0.494 e. The maximum atomic E-state index is 12.4. The van der Waals surface area contributed by atoms with Gasteiger partial charge in [0, 0.05) is 55.6 Å². The standard InChI is InChI=1S/C29H35N7O3S/c1-39-26-19-21(36-17-13-20(14-18-36)31-16-15-30)11-12-24(26)34-29-33-23-8-4-3-7-22(23)28(35-29)32-25-9-5-6-10-27(25)40(2,37)38/h3-12,19-20,31H,13-18,30H2,1-2H3,(H2,32,33,34,35). The van der Waals surface area contributed by atoms with E-state index in [1.165, 1.54) is 6.26 Å². The van der Waals surface area contributed by atoms with Crippen LogP contribution in [0.2, 0.25) is 0 Å². The fraction of sp³-hybridized carbons (Fsp3) is 0.310. The molecule has 0 spiro atoms. The third kappa shape index (κ3) is 6.27. The highest BCUT2D eigenvalue weighted by Gasteiger charge is 2.20. The van der Waals surface area contributed by atoms with Crippen molar-refractivity contribution < 1.29 is 13.2 Å². The van der Waals surface area contributed by atoms with Crippen LogP contribution in [-0.4, -0.2) is 64.0 Å². The van der Waals surface area contributed by atoms with Gasteiger partial charge >= 0.3 is 0 Å². The highest BCUT2D eigenvalue weighted by atomic mass is 32.2. The summed E-state index contributed by atoms with van der Waals surface area (Å²) in [6.45, 7) is 3.40. The number of aromatic nitrogens is 2. The van der Waals surface area contributed by atoms with Gasteiger partial charge in [0.25, 0.3) is 0 Å². The van der Waals surface area contributed by atoms with Crippen LogP contribution in [0.4, 0.5) is 28.8 Å². The Balaban J connectivity index is 1.41. The summed E-state index contributed by atoms with van der Waals surface area (Å²) in [5.41, 5.74) is 8.61. The summed E-state index contributed by atoms with van der Waals surface area (Å²) in [6.07, 6.45) is 3.31. The monoisotopic (exact) mass is 561 g/mol. The van der Waals surface area contributed by atoms with Crippen molar-refractivity contribution in [2.24, 2.45) is 5.73 Å². The molecule has 4 aromatic rings. The fourth-order valence-corrected chi connectivity index (χ4v) is 5.82. The summed E-state index contributed by atoms with van der Waals surface area (Å²) in [7, 11) is -1.80. The molecule has 1 saturated heterocycles. The van der Waals surface area contributed by atoms with Crippen LogP contribution in [0.5, 0.6) is 5.75 Å². The van der Waals surface area contributed by atoms with E-state index in [9.17, 15) is 8.42 Å². The lowest BCUT2D eigenvalue weighted by Crippen LogP contribution is -2.43. The van der Waals surface area contributed by atoms with Gasteiger partial charge in [0.05, 0.1) is 28.9 Å². The molecule has 0 amide bonds. The average Bonchev–Trinajstić information content (AvgIpc) is 2.96. The molecule has 40 heavy (non-hydrogen) atoms. The summed E-state index contributed by atoms with van der Waals surface area (Å²) in [5, 5.41) is 10.8. The van der Waals surface area contributed by atoms with E-state index in [0.29, 0.717) is 41.3 Å². The van der Waals surface area contributed by atoms with E-state index in [4.69, 9.17) is 20.4 Å². The van der Waals surface area contributed by atoms with E-state index < -0.39 is 9.84 Å². The van der Waals surface area contributed by atoms with Gasteiger partial charge in [0.2, 0.25) is 5.95 Å². The molecule has 1 aliphatic heterocycles. The first-order valence-corrected chi connectivity index (χ1v) is 15.2. The second kappa shape index (κ2) is 12.1. The third-order valence-electron chi connectivity index (χ3n) is 7.01. The number of nitrogens with two attached hydrogens (primary N) is 1. The Kier molecular flexibility index (Phi) is 8.34. The summed E-state index contributed by atoms with van der Waals surface area (Å²) < 4.78 is 30.5. The number of rotatable bonds is 10. The first kappa shape index (κ1) is 27.6. The lowest BCUT2D eigenvalue weighted by Gasteiger charge is -2.34. The van der Waals surface area contributed by atoms with E-state index in [2.05, 4.69) is 26.9 Å². The zero-order valence-corrected chi connectivity index (χ0v) is 23.5. The smallest absolute Gasteiger partial charge is 0.229 e. The van der Waals surface area contributed by atoms with Crippen LogP contribution < -0.4 is 31.3 Å². The fourth-order valence-electron chi connectivity index (χ4n) is 4.98. The van der Waals surface area contributed by atoms with E-state index in [-0.39, 0.29) is 4.90 Å². The number of hydrogen-bond donors (Lipinski definition) is 4. The number of hydrogen-bond acceptors (Lipinski definition) is 10. The second-order valence-electron chi connectivity index (χ2n) is 9.82. The Bertz CT molecular complexity index is 1590. The van der Waals surface area contributed by atoms with Crippen LogP contribution in [0.25, 0.3) is 10.9 Å². The Morgan fingerprint density at radius 2 is 1.73 bits per heavy atom. The molecule has 0 atom stereocenters. The molecule has 2 heterocycles. The number of benzene rings is 3. The highest BCUT2D eigenvalue weighted by molar-refractivity contribution is 7.90. The minimum atomic E-state index is -3.45. The van der Waals surface area contributed by atoms with Gasteiger partial charge in [0.1, 0.15) is 11.6 Å². The van der Waals surface area contributed by atoms with Gasteiger partial charge in [-0.1, -0.05) is 24.3 Å². The van der Waals surface area contributed by atoms with Gasteiger partial charge in [-0.05, 0) is 49.2 Å². The van der Waals surface area contributed by atoms with Crippen molar-refractivity contribution in [1.82, 2.24) is 15.3 Å². The van der Waals surface area contributed by atoms with Crippen molar-refractivity contribution in [2.45, 2.75) is 23.8 Å². The SMILES string of the molecule is COc1cc(N2CCC(NCCN)CC2)ccc1Nc1nc(Nc2ccccc2S(C)(=O)=O)c2ccccc2n1. The van der Waals surface area contributed by atoms with Crippen molar-refractivity contribution in [2.75, 3.05) is 55.1 Å². The van der Waals surface area contributed by atoms with Gasteiger partial charge in [-0.25, -0.2) is 13.4 Å². The number of piperidine rings is 1. The molecule has 5 rings (SSSR count). The molecule has 10 nitrogen and oxygen atoms in total. The number of nitrogens with one attached hydrogen (secondary N) is 3. The first-order chi connectivity index (χ1) is 19.4. The number of sulfone groups is 1. The Morgan fingerprint density at radius 1 is 0.975 bits per heavy atom. The van der Waals surface area contributed by atoms with Gasteiger partial charge in [-0.3, -0.25) is 0 Å². The van der Waals surface area contributed by atoms with Gasteiger partial charge in [-0.15, -0.1) is 0 Å². The molecule has 3 aromatic carbocycles. The molecule has 0 unspecified atom stereocenters. The zero-order valence-electron chi connectivity index (χ0n) is 22.7. The Labute approximate surface area is 234 Å². The molecular formula is C29H35N7O3S. The molecule has 1 aromatic heterocycles. The quantitative estimate of drug-likeness (QED) is 0.225. The van der Waals surface area contributed by atoms with Crippen LogP contribution in [-0.2, 0) is 9.84 Å². The second-order valence-corrected chi connectivity index (χ2v) is 11.8. The zero-order chi connectivity index (χ0) is 28.1. The number of nitrogens with zero attached hydrogens (tertiary/aromatic N) is 3. The molecule has 210 valence electrons. The molecule has 0 saturated carbocycles. The lowest BCUT2D eigenvalue weighted by molar-refractivity contribution is 0.412. The maximum absolute atomic E-state index is 12.4. The highest BCUT2D eigenvalue weighted by Crippen LogP contribution is 2.34. The Hall–Kier alpha value is -3.93. The van der Waals surface area contributed by atoms with Crippen LogP contribution in [0.15, 0.2) is 71.6 Å². The van der Waals surface area contributed by atoms with E-state index >= 15 is 0 Å². The third-order valence-corrected chi connectivity index (χ3v) is 8.17. The van der Waals surface area contributed by atoms with Crippen molar-refractivity contribution >= 4 is 49.6 Å². The number of methoxy groups -OCH3 is 1. The molecule has 0 radical (unpaired) electrons. The molecule has 5 N–H and O–H groups in total. The van der Waals surface area contributed by atoms with Crippen LogP contribution in [0.3, 0.4) is 0 Å². The lowest BCUT2D eigenvalue weighted by atomic mass is 10.0. The number of anilines is 5. The largest absolute Gasteiger partial charge is 0.494 e. The van der Waals surface area contributed by atoms with Gasteiger partial charge in [-0.2, -0.15) is 4.98 Å². The molecule has 0 bridgehead atoms. The van der Waals surface area contributed by atoms with E-state index in [0.717, 1.165) is 49.2 Å². The van der Waals surface area contributed by atoms with Crippen molar-refractivity contribution in [1.29, 1.82) is 0 Å². The number of para-hydroxylation sites is 2. The normalized spacial score (nSPS) is 14.3. The molecular weight excluding hydrogens is 526 g/mol. The van der Waals surface area contributed by atoms with Gasteiger partial charge in [0.15, 0.2) is 9.84 Å². The van der Waals surface area contributed by atoms with Gasteiger partial charge < -0.3 is 31.3 Å². The average molecular weight is 562 g/mol. The van der Waals surface area contributed by atoms with Crippen molar-refractivity contribution in [3.8, 4) is 5.75 Å². The minimum absolute atomic E-state index is 0.198. The number of fused-ring (bicyclic) bond motifs is 1. The van der Waals surface area contributed by atoms with Crippen LogP contribution in [0.1, 0.15) is 12.8 Å². The predicted octanol–water partition coefficient (Wildman–Crippen LogP) is 4.05.